The minimum absolute atomic E-state index is 0.0580. The summed E-state index contributed by atoms with van der Waals surface area (Å²) in [5.41, 5.74) is 3.33. The van der Waals surface area contributed by atoms with E-state index in [1.807, 2.05) is 35.0 Å². The third-order valence-electron chi connectivity index (χ3n) is 5.93. The Balaban J connectivity index is 1.75. The van der Waals surface area contributed by atoms with Crippen molar-refractivity contribution < 1.29 is 24.5 Å². The molecule has 0 spiro atoms. The molecule has 194 valence electrons. The Morgan fingerprint density at radius 2 is 1.86 bits per heavy atom. The van der Waals surface area contributed by atoms with Gasteiger partial charge in [-0.1, -0.05) is 31.8 Å². The van der Waals surface area contributed by atoms with Crippen molar-refractivity contribution in [3.63, 3.8) is 0 Å². The number of para-hydroxylation sites is 1. The molecule has 0 saturated heterocycles. The summed E-state index contributed by atoms with van der Waals surface area (Å²) in [6, 6.07) is 13.5. The lowest BCUT2D eigenvalue weighted by molar-refractivity contribution is -0.136. The molecular formula is C27H32N4O5Si. The molecule has 0 unspecified atom stereocenters. The summed E-state index contributed by atoms with van der Waals surface area (Å²) in [4.78, 5) is 20.2. The fourth-order valence-electron chi connectivity index (χ4n) is 3.97. The van der Waals surface area contributed by atoms with E-state index in [1.165, 1.54) is 12.1 Å². The fourth-order valence-corrected chi connectivity index (χ4v) is 4.73. The summed E-state index contributed by atoms with van der Waals surface area (Å²) < 4.78 is 13.3. The Morgan fingerprint density at radius 3 is 2.59 bits per heavy atom. The monoisotopic (exact) mass is 520 g/mol. The maximum Gasteiger partial charge on any atom is 0.309 e. The number of carbonyl (C=O) groups is 1. The number of aromatic nitrogens is 4. The second-order valence-corrected chi connectivity index (χ2v) is 15.7. The van der Waals surface area contributed by atoms with Crippen LogP contribution in [0.2, 0.25) is 25.7 Å². The quantitative estimate of drug-likeness (QED) is 0.213. The molecule has 0 aliphatic rings. The van der Waals surface area contributed by atoms with Crippen molar-refractivity contribution in [2.45, 2.75) is 38.7 Å². The molecule has 4 aromatic rings. The van der Waals surface area contributed by atoms with E-state index >= 15 is 0 Å². The van der Waals surface area contributed by atoms with Gasteiger partial charge in [-0.25, -0.2) is 14.6 Å². The highest BCUT2D eigenvalue weighted by Gasteiger charge is 2.19. The van der Waals surface area contributed by atoms with E-state index in [1.54, 1.807) is 13.3 Å². The minimum Gasteiger partial charge on any atom is -0.506 e. The van der Waals surface area contributed by atoms with Crippen molar-refractivity contribution >= 4 is 25.1 Å². The number of aromatic hydroxyl groups is 1. The van der Waals surface area contributed by atoms with Gasteiger partial charge in [0.15, 0.2) is 5.65 Å². The fraction of sp³-hybridized carbons (Fsp3) is 0.333. The molecule has 9 nitrogen and oxygen atoms in total. The Hall–Kier alpha value is -3.76. The predicted molar refractivity (Wildman–Crippen MR) is 145 cm³/mol. The van der Waals surface area contributed by atoms with E-state index in [2.05, 4.69) is 29.6 Å². The van der Waals surface area contributed by atoms with Crippen molar-refractivity contribution in [2.75, 3.05) is 20.3 Å². The maximum absolute atomic E-state index is 11.2. The van der Waals surface area contributed by atoms with Gasteiger partial charge in [0.05, 0.1) is 32.4 Å². The van der Waals surface area contributed by atoms with Crippen LogP contribution >= 0.6 is 0 Å². The molecule has 0 aliphatic heterocycles. The summed E-state index contributed by atoms with van der Waals surface area (Å²) in [7, 11) is 0.445. The number of hydrogen-bond acceptors (Lipinski definition) is 7. The lowest BCUT2D eigenvalue weighted by Crippen LogP contribution is -2.22. The number of methoxy groups -OCH3 is 1. The average molecular weight is 521 g/mol. The zero-order valence-electron chi connectivity index (χ0n) is 21.6. The molecule has 4 rings (SSSR count). The van der Waals surface area contributed by atoms with Gasteiger partial charge < -0.3 is 19.7 Å². The Labute approximate surface area is 216 Å². The number of carboxylic acids is 1. The van der Waals surface area contributed by atoms with Crippen molar-refractivity contribution in [3.05, 3.63) is 54.4 Å². The molecule has 0 amide bonds. The summed E-state index contributed by atoms with van der Waals surface area (Å²) in [5, 5.41) is 25.3. The Morgan fingerprint density at radius 1 is 1.08 bits per heavy atom. The van der Waals surface area contributed by atoms with Crippen LogP contribution in [0.4, 0.5) is 0 Å². The highest BCUT2D eigenvalue weighted by Crippen LogP contribution is 2.36. The number of nitrogens with zero attached hydrogens (tertiary/aromatic N) is 4. The van der Waals surface area contributed by atoms with Gasteiger partial charge in [-0.2, -0.15) is 5.10 Å². The van der Waals surface area contributed by atoms with Crippen LogP contribution in [0.25, 0.3) is 33.5 Å². The first-order valence-corrected chi connectivity index (χ1v) is 15.9. The average Bonchev–Trinajstić information content (AvgIpc) is 3.21. The molecule has 0 radical (unpaired) electrons. The van der Waals surface area contributed by atoms with Crippen LogP contribution in [0.15, 0.2) is 48.7 Å². The standard InChI is InChI=1S/C27H32N4O5Si/c1-35-23-8-6-5-7-20(23)26-21-15-18(25-22(32)10-9-19(29-25)16-24(33)34)17-28-27(21)31(30-26)11-12-36-13-14-37(2,3)4/h5-10,15,17,32H,11-14,16H2,1-4H3,(H,33,34). The predicted octanol–water partition coefficient (Wildman–Crippen LogP) is 4.86. The molecule has 10 heteroatoms. The van der Waals surface area contributed by atoms with Crippen LogP contribution in [0.1, 0.15) is 5.69 Å². The molecule has 0 fully saturated rings. The van der Waals surface area contributed by atoms with Gasteiger partial charge in [0.25, 0.3) is 0 Å². The zero-order chi connectivity index (χ0) is 26.6. The minimum atomic E-state index is -1.17. The largest absolute Gasteiger partial charge is 0.506 e. The molecular weight excluding hydrogens is 488 g/mol. The molecule has 0 aliphatic carbocycles. The van der Waals surface area contributed by atoms with Gasteiger partial charge >= 0.3 is 5.97 Å². The van der Waals surface area contributed by atoms with Crippen molar-refractivity contribution in [1.29, 1.82) is 0 Å². The molecule has 0 atom stereocenters. The first kappa shape index (κ1) is 26.3. The second-order valence-electron chi connectivity index (χ2n) is 10.0. The van der Waals surface area contributed by atoms with Gasteiger partial charge in [-0.3, -0.25) is 4.79 Å². The highest BCUT2D eigenvalue weighted by atomic mass is 28.3. The van der Waals surface area contributed by atoms with Crippen LogP contribution in [-0.2, 0) is 22.5 Å². The van der Waals surface area contributed by atoms with Gasteiger partial charge in [-0.15, -0.1) is 0 Å². The second kappa shape index (κ2) is 11.1. The van der Waals surface area contributed by atoms with Crippen LogP contribution in [-0.4, -0.2) is 64.3 Å². The number of rotatable bonds is 11. The summed E-state index contributed by atoms with van der Waals surface area (Å²) in [6.45, 7) is 8.73. The molecule has 1 aromatic carbocycles. The molecule has 0 bridgehead atoms. The smallest absolute Gasteiger partial charge is 0.309 e. The van der Waals surface area contributed by atoms with Crippen molar-refractivity contribution in [2.24, 2.45) is 0 Å². The van der Waals surface area contributed by atoms with Crippen LogP contribution in [0, 0.1) is 0 Å². The van der Waals surface area contributed by atoms with Crippen molar-refractivity contribution in [1.82, 2.24) is 19.7 Å². The van der Waals surface area contributed by atoms with Crippen LogP contribution in [0.3, 0.4) is 0 Å². The molecule has 3 aromatic heterocycles. The van der Waals surface area contributed by atoms with Crippen LogP contribution in [0.5, 0.6) is 11.5 Å². The van der Waals surface area contributed by atoms with Crippen LogP contribution < -0.4 is 4.74 Å². The SMILES string of the molecule is COc1ccccc1-c1nn(CCOCC[Si](C)(C)C)c2ncc(-c3nc(CC(=O)O)ccc3O)cc12. The summed E-state index contributed by atoms with van der Waals surface area (Å²) in [5.74, 6) is -0.378. The third kappa shape index (κ3) is 6.33. The lowest BCUT2D eigenvalue weighted by atomic mass is 10.1. The maximum atomic E-state index is 11.2. The number of aliphatic carboxylic acids is 1. The highest BCUT2D eigenvalue weighted by molar-refractivity contribution is 6.76. The van der Waals surface area contributed by atoms with Gasteiger partial charge in [0.2, 0.25) is 0 Å². The number of carboxylic acid groups (broad SMARTS) is 1. The molecule has 3 heterocycles. The summed E-state index contributed by atoms with van der Waals surface area (Å²) in [6.07, 6.45) is 1.37. The topological polar surface area (TPSA) is 120 Å². The molecule has 2 N–H and O–H groups in total. The first-order valence-electron chi connectivity index (χ1n) is 12.1. The van der Waals surface area contributed by atoms with Crippen molar-refractivity contribution in [3.8, 4) is 34.0 Å². The number of benzene rings is 1. The Bertz CT molecular complexity index is 1410. The van der Waals surface area contributed by atoms with Gasteiger partial charge in [-0.05, 0) is 36.4 Å². The summed E-state index contributed by atoms with van der Waals surface area (Å²) >= 11 is 0. The normalized spacial score (nSPS) is 11.7. The number of pyridine rings is 2. The van der Waals surface area contributed by atoms with Gasteiger partial charge in [0, 0.05) is 37.4 Å². The number of fused-ring (bicyclic) bond motifs is 1. The third-order valence-corrected chi connectivity index (χ3v) is 7.63. The first-order chi connectivity index (χ1) is 17.7. The van der Waals surface area contributed by atoms with Gasteiger partial charge in [0.1, 0.15) is 22.9 Å². The van der Waals surface area contributed by atoms with E-state index in [9.17, 15) is 9.90 Å². The molecule has 37 heavy (non-hydrogen) atoms. The zero-order valence-corrected chi connectivity index (χ0v) is 22.6. The van der Waals surface area contributed by atoms with E-state index in [0.717, 1.165) is 23.6 Å². The molecule has 0 saturated carbocycles. The van der Waals surface area contributed by atoms with E-state index < -0.39 is 14.0 Å². The number of ether oxygens (including phenoxy) is 2. The van der Waals surface area contributed by atoms with E-state index in [0.29, 0.717) is 41.5 Å². The van der Waals surface area contributed by atoms with E-state index in [-0.39, 0.29) is 17.9 Å². The Kier molecular flexibility index (Phi) is 7.89. The van der Waals surface area contributed by atoms with E-state index in [4.69, 9.17) is 19.7 Å². The lowest BCUT2D eigenvalue weighted by Gasteiger charge is -2.15. The number of hydrogen-bond donors (Lipinski definition) is 2.